The standard InChI is InChI=1S/C13H21NO3/c1-13(2,3)17-12(16)14-9-5-4-6-10(14)8-11(15)7-9/h9-10H,4-8H2,1-3H3/t9-,10+. The molecule has 17 heavy (non-hydrogen) atoms. The van der Waals surface area contributed by atoms with Crippen LogP contribution in [0, 0.1) is 0 Å². The van der Waals surface area contributed by atoms with Crippen molar-refractivity contribution in [3.63, 3.8) is 0 Å². The Morgan fingerprint density at radius 2 is 1.76 bits per heavy atom. The van der Waals surface area contributed by atoms with Crippen molar-refractivity contribution in [2.45, 2.75) is 70.6 Å². The highest BCUT2D eigenvalue weighted by molar-refractivity contribution is 5.83. The molecule has 0 unspecified atom stereocenters. The van der Waals surface area contributed by atoms with Crippen LogP contribution in [0.3, 0.4) is 0 Å². The summed E-state index contributed by atoms with van der Waals surface area (Å²) in [7, 11) is 0. The summed E-state index contributed by atoms with van der Waals surface area (Å²) >= 11 is 0. The zero-order valence-corrected chi connectivity index (χ0v) is 10.9. The molecule has 96 valence electrons. The Labute approximate surface area is 102 Å². The number of rotatable bonds is 0. The molecule has 2 fully saturated rings. The molecule has 0 spiro atoms. The van der Waals surface area contributed by atoms with Crippen molar-refractivity contribution in [1.82, 2.24) is 4.90 Å². The molecule has 2 atom stereocenters. The number of ketones is 1. The van der Waals surface area contributed by atoms with E-state index in [9.17, 15) is 9.59 Å². The normalized spacial score (nSPS) is 29.1. The summed E-state index contributed by atoms with van der Waals surface area (Å²) in [5, 5.41) is 0. The summed E-state index contributed by atoms with van der Waals surface area (Å²) in [6.45, 7) is 5.61. The van der Waals surface area contributed by atoms with Crippen LogP contribution in [0.1, 0.15) is 52.9 Å². The van der Waals surface area contributed by atoms with Crippen molar-refractivity contribution in [2.75, 3.05) is 0 Å². The smallest absolute Gasteiger partial charge is 0.410 e. The maximum absolute atomic E-state index is 12.1. The summed E-state index contributed by atoms with van der Waals surface area (Å²) < 4.78 is 5.42. The minimum atomic E-state index is -0.465. The molecule has 0 aliphatic carbocycles. The molecular formula is C13H21NO3. The molecular weight excluding hydrogens is 218 g/mol. The molecule has 0 N–H and O–H groups in total. The second-order valence-electron chi connectivity index (χ2n) is 6.07. The van der Waals surface area contributed by atoms with Gasteiger partial charge in [-0.25, -0.2) is 4.79 Å². The largest absolute Gasteiger partial charge is 0.444 e. The van der Waals surface area contributed by atoms with Crippen molar-refractivity contribution in [3.05, 3.63) is 0 Å². The maximum Gasteiger partial charge on any atom is 0.410 e. The van der Waals surface area contributed by atoms with Gasteiger partial charge in [0.2, 0.25) is 0 Å². The number of carbonyl (C=O) groups excluding carboxylic acids is 2. The van der Waals surface area contributed by atoms with Crippen molar-refractivity contribution in [2.24, 2.45) is 0 Å². The minimum Gasteiger partial charge on any atom is -0.444 e. The van der Waals surface area contributed by atoms with E-state index in [1.54, 1.807) is 0 Å². The molecule has 0 radical (unpaired) electrons. The first-order valence-corrected chi connectivity index (χ1v) is 6.40. The molecule has 0 aromatic carbocycles. The van der Waals surface area contributed by atoms with E-state index in [1.807, 2.05) is 25.7 Å². The summed E-state index contributed by atoms with van der Waals surface area (Å²) in [4.78, 5) is 25.5. The van der Waals surface area contributed by atoms with Crippen LogP contribution >= 0.6 is 0 Å². The Morgan fingerprint density at radius 3 is 2.24 bits per heavy atom. The fourth-order valence-corrected chi connectivity index (χ4v) is 2.79. The number of Topliss-reactive ketones (excluding diaryl/α,β-unsaturated/α-hetero) is 1. The third-order valence-corrected chi connectivity index (χ3v) is 3.39. The van der Waals surface area contributed by atoms with Crippen LogP contribution in [0.2, 0.25) is 0 Å². The third-order valence-electron chi connectivity index (χ3n) is 3.39. The van der Waals surface area contributed by atoms with Gasteiger partial charge >= 0.3 is 6.09 Å². The number of amides is 1. The van der Waals surface area contributed by atoms with E-state index < -0.39 is 5.60 Å². The quantitative estimate of drug-likeness (QED) is 0.652. The van der Waals surface area contributed by atoms with Crippen molar-refractivity contribution in [3.8, 4) is 0 Å². The topological polar surface area (TPSA) is 46.6 Å². The van der Waals surface area contributed by atoms with Gasteiger partial charge in [0.05, 0.1) is 0 Å². The van der Waals surface area contributed by atoms with E-state index in [-0.39, 0.29) is 18.2 Å². The van der Waals surface area contributed by atoms with Crippen LogP contribution in [0.5, 0.6) is 0 Å². The third kappa shape index (κ3) is 2.79. The number of carbonyl (C=O) groups is 2. The van der Waals surface area contributed by atoms with E-state index in [0.717, 1.165) is 19.3 Å². The first-order chi connectivity index (χ1) is 7.87. The van der Waals surface area contributed by atoms with Crippen molar-refractivity contribution < 1.29 is 14.3 Å². The number of hydrogen-bond acceptors (Lipinski definition) is 3. The first-order valence-electron chi connectivity index (χ1n) is 6.40. The fraction of sp³-hybridized carbons (Fsp3) is 0.846. The molecule has 2 aliphatic rings. The molecule has 1 amide bonds. The lowest BCUT2D eigenvalue weighted by Gasteiger charge is -2.45. The summed E-state index contributed by atoms with van der Waals surface area (Å²) in [5.74, 6) is 0.291. The number of piperidine rings is 2. The molecule has 0 saturated carbocycles. The Kier molecular flexibility index (Phi) is 3.15. The summed E-state index contributed by atoms with van der Waals surface area (Å²) in [5.41, 5.74) is -0.465. The Bertz CT molecular complexity index is 316. The number of fused-ring (bicyclic) bond motifs is 2. The molecule has 0 aromatic rings. The molecule has 0 aromatic heterocycles. The number of hydrogen-bond donors (Lipinski definition) is 0. The van der Waals surface area contributed by atoms with E-state index >= 15 is 0 Å². The predicted molar refractivity (Wildman–Crippen MR) is 63.7 cm³/mol. The van der Waals surface area contributed by atoms with Gasteiger partial charge in [0.15, 0.2) is 0 Å². The van der Waals surface area contributed by atoms with Gasteiger partial charge < -0.3 is 9.64 Å². The number of nitrogens with zero attached hydrogens (tertiary/aromatic N) is 1. The lowest BCUT2D eigenvalue weighted by molar-refractivity contribution is -0.126. The number of ether oxygens (including phenoxy) is 1. The second-order valence-corrected chi connectivity index (χ2v) is 6.07. The molecule has 2 heterocycles. The van der Waals surface area contributed by atoms with E-state index in [2.05, 4.69) is 0 Å². The predicted octanol–water partition coefficient (Wildman–Crippen LogP) is 2.51. The average molecular weight is 239 g/mol. The highest BCUT2D eigenvalue weighted by Crippen LogP contribution is 2.33. The van der Waals surface area contributed by atoms with Crippen LogP contribution in [0.4, 0.5) is 4.79 Å². The van der Waals surface area contributed by atoms with E-state index in [0.29, 0.717) is 18.6 Å². The SMILES string of the molecule is CC(C)(C)OC(=O)N1[C@@H]2CCC[C@H]1CC(=O)C2. The molecule has 2 rings (SSSR count). The van der Waals surface area contributed by atoms with Gasteiger partial charge in [-0.3, -0.25) is 4.79 Å². The van der Waals surface area contributed by atoms with Crippen LogP contribution < -0.4 is 0 Å². The van der Waals surface area contributed by atoms with Crippen molar-refractivity contribution >= 4 is 11.9 Å². The van der Waals surface area contributed by atoms with E-state index in [1.165, 1.54) is 0 Å². The van der Waals surface area contributed by atoms with Gasteiger partial charge in [-0.2, -0.15) is 0 Å². The van der Waals surface area contributed by atoms with Gasteiger partial charge in [0, 0.05) is 24.9 Å². The van der Waals surface area contributed by atoms with Gasteiger partial charge in [-0.15, -0.1) is 0 Å². The van der Waals surface area contributed by atoms with Gasteiger partial charge in [0.25, 0.3) is 0 Å². The molecule has 2 bridgehead atoms. The maximum atomic E-state index is 12.1. The van der Waals surface area contributed by atoms with Crippen LogP contribution in [-0.2, 0) is 9.53 Å². The minimum absolute atomic E-state index is 0.0739. The zero-order chi connectivity index (χ0) is 12.6. The first kappa shape index (κ1) is 12.4. The van der Waals surface area contributed by atoms with Crippen LogP contribution in [-0.4, -0.2) is 34.5 Å². The highest BCUT2D eigenvalue weighted by Gasteiger charge is 2.41. The molecule has 2 saturated heterocycles. The highest BCUT2D eigenvalue weighted by atomic mass is 16.6. The molecule has 4 heteroatoms. The van der Waals surface area contributed by atoms with Crippen molar-refractivity contribution in [1.29, 1.82) is 0 Å². The monoisotopic (exact) mass is 239 g/mol. The van der Waals surface area contributed by atoms with Gasteiger partial charge in [-0.05, 0) is 40.0 Å². The molecule has 2 aliphatic heterocycles. The van der Waals surface area contributed by atoms with Gasteiger partial charge in [0.1, 0.15) is 11.4 Å². The van der Waals surface area contributed by atoms with Crippen LogP contribution in [0.25, 0.3) is 0 Å². The second kappa shape index (κ2) is 4.31. The Balaban J connectivity index is 2.09. The van der Waals surface area contributed by atoms with E-state index in [4.69, 9.17) is 4.74 Å². The van der Waals surface area contributed by atoms with Crippen LogP contribution in [0.15, 0.2) is 0 Å². The zero-order valence-electron chi connectivity index (χ0n) is 10.9. The lowest BCUT2D eigenvalue weighted by atomic mass is 9.84. The molecule has 4 nitrogen and oxygen atoms in total. The Morgan fingerprint density at radius 1 is 1.24 bits per heavy atom. The average Bonchev–Trinajstić information content (AvgIpc) is 2.12. The summed E-state index contributed by atoms with van der Waals surface area (Å²) in [6, 6.07) is 0.148. The Hall–Kier alpha value is -1.06. The fourth-order valence-electron chi connectivity index (χ4n) is 2.79. The lowest BCUT2D eigenvalue weighted by Crippen LogP contribution is -2.56. The summed E-state index contributed by atoms with van der Waals surface area (Å²) in [6.07, 6.45) is 3.75. The van der Waals surface area contributed by atoms with Gasteiger partial charge in [-0.1, -0.05) is 0 Å².